The Morgan fingerprint density at radius 1 is 1.28 bits per heavy atom. The van der Waals surface area contributed by atoms with Gasteiger partial charge in [0.25, 0.3) is 5.91 Å². The lowest BCUT2D eigenvalue weighted by molar-refractivity contribution is -0.192. The third kappa shape index (κ3) is 4.74. The molecule has 2 atom stereocenters. The molecular formula is C20H21F3N4O5. The van der Waals surface area contributed by atoms with Crippen molar-refractivity contribution in [3.05, 3.63) is 41.9 Å². The highest BCUT2D eigenvalue weighted by molar-refractivity contribution is 5.94. The molecule has 0 radical (unpaired) electrons. The van der Waals surface area contributed by atoms with Gasteiger partial charge in [-0.2, -0.15) is 13.2 Å². The molecule has 0 unspecified atom stereocenters. The van der Waals surface area contributed by atoms with Crippen molar-refractivity contribution in [2.45, 2.75) is 31.4 Å². The average molecular weight is 454 g/mol. The maximum absolute atomic E-state index is 12.8. The number of alkyl halides is 3. The second kappa shape index (κ2) is 8.49. The number of nitrogens with zero attached hydrogens (tertiary/aromatic N) is 4. The van der Waals surface area contributed by atoms with Crippen LogP contribution in [0.3, 0.4) is 0 Å². The molecule has 9 nitrogen and oxygen atoms in total. The van der Waals surface area contributed by atoms with Crippen molar-refractivity contribution < 1.29 is 37.0 Å². The highest BCUT2D eigenvalue weighted by atomic mass is 19.4. The fraction of sp³-hybridized carbons (Fsp3) is 0.550. The van der Waals surface area contributed by atoms with Gasteiger partial charge in [0, 0.05) is 49.2 Å². The van der Waals surface area contributed by atoms with Gasteiger partial charge in [-0.05, 0) is 25.0 Å². The van der Waals surface area contributed by atoms with Gasteiger partial charge in [-0.15, -0.1) is 10.2 Å². The lowest BCUT2D eigenvalue weighted by atomic mass is 9.78. The van der Waals surface area contributed by atoms with E-state index in [9.17, 15) is 18.0 Å². The standard InChI is InChI=1S/C18H20N4O3.C2HF3O2/c23-17(13-2-1-5-19-7-13)22-8-14-9-24-11-18(14,10-22)6-15-20-21-16(25-15)12-3-4-12;3-2(4,5)1(6)7/h1-2,5,7,12,14H,3-4,6,8-11H2;(H,6,7)/t14-,18+;/m1./s1. The molecule has 2 aromatic heterocycles. The number of fused-ring (bicyclic) bond motifs is 1. The van der Waals surface area contributed by atoms with Crippen LogP contribution in [-0.4, -0.2) is 69.5 Å². The van der Waals surface area contributed by atoms with Crippen molar-refractivity contribution in [2.75, 3.05) is 26.3 Å². The van der Waals surface area contributed by atoms with E-state index in [1.54, 1.807) is 18.5 Å². The van der Waals surface area contributed by atoms with E-state index in [1.807, 2.05) is 11.0 Å². The largest absolute Gasteiger partial charge is 0.490 e. The summed E-state index contributed by atoms with van der Waals surface area (Å²) in [4.78, 5) is 27.6. The molecule has 3 aliphatic rings. The predicted octanol–water partition coefficient (Wildman–Crippen LogP) is 2.31. The van der Waals surface area contributed by atoms with Crippen molar-refractivity contribution in [1.29, 1.82) is 0 Å². The first-order chi connectivity index (χ1) is 15.2. The zero-order valence-corrected chi connectivity index (χ0v) is 16.9. The Morgan fingerprint density at radius 3 is 2.66 bits per heavy atom. The van der Waals surface area contributed by atoms with E-state index in [1.165, 1.54) is 0 Å². The van der Waals surface area contributed by atoms with E-state index in [4.69, 9.17) is 19.1 Å². The molecule has 2 saturated heterocycles. The van der Waals surface area contributed by atoms with Gasteiger partial charge in [-0.25, -0.2) is 4.79 Å². The number of hydrogen-bond donors (Lipinski definition) is 1. The lowest BCUT2D eigenvalue weighted by Crippen LogP contribution is -2.35. The van der Waals surface area contributed by atoms with Crippen LogP contribution in [0, 0.1) is 11.3 Å². The minimum atomic E-state index is -5.08. The van der Waals surface area contributed by atoms with E-state index in [2.05, 4.69) is 15.2 Å². The molecule has 12 heteroatoms. The number of hydrogen-bond acceptors (Lipinski definition) is 7. The van der Waals surface area contributed by atoms with E-state index in [-0.39, 0.29) is 11.3 Å². The number of carboxylic acids is 1. The quantitative estimate of drug-likeness (QED) is 0.748. The second-order valence-corrected chi connectivity index (χ2v) is 8.29. The van der Waals surface area contributed by atoms with Gasteiger partial charge in [0.1, 0.15) is 0 Å². The number of ether oxygens (including phenoxy) is 1. The molecule has 3 fully saturated rings. The zero-order valence-electron chi connectivity index (χ0n) is 16.9. The van der Waals surface area contributed by atoms with Crippen LogP contribution in [0.25, 0.3) is 0 Å². The number of pyridine rings is 1. The minimum absolute atomic E-state index is 0.0334. The molecule has 1 aliphatic carbocycles. The Labute approximate surface area is 180 Å². The topological polar surface area (TPSA) is 119 Å². The summed E-state index contributed by atoms with van der Waals surface area (Å²) in [5, 5.41) is 15.6. The predicted molar refractivity (Wildman–Crippen MR) is 101 cm³/mol. The molecule has 0 aromatic carbocycles. The number of carbonyl (C=O) groups excluding carboxylic acids is 1. The van der Waals surface area contributed by atoms with Gasteiger partial charge < -0.3 is 19.2 Å². The minimum Gasteiger partial charge on any atom is -0.475 e. The maximum Gasteiger partial charge on any atom is 0.490 e. The lowest BCUT2D eigenvalue weighted by Gasteiger charge is -2.25. The first-order valence-electron chi connectivity index (χ1n) is 10.1. The molecule has 1 amide bonds. The Bertz CT molecular complexity index is 979. The summed E-state index contributed by atoms with van der Waals surface area (Å²) >= 11 is 0. The highest BCUT2D eigenvalue weighted by Crippen LogP contribution is 2.45. The van der Waals surface area contributed by atoms with E-state index < -0.39 is 12.1 Å². The van der Waals surface area contributed by atoms with Crippen LogP contribution < -0.4 is 0 Å². The molecule has 0 bridgehead atoms. The maximum atomic E-state index is 12.8. The molecule has 1 saturated carbocycles. The second-order valence-electron chi connectivity index (χ2n) is 8.29. The van der Waals surface area contributed by atoms with Crippen LogP contribution >= 0.6 is 0 Å². The van der Waals surface area contributed by atoms with Crippen molar-refractivity contribution in [3.63, 3.8) is 0 Å². The third-order valence-electron chi connectivity index (χ3n) is 5.87. The van der Waals surface area contributed by atoms with Crippen molar-refractivity contribution in [2.24, 2.45) is 11.3 Å². The number of carboxylic acid groups (broad SMARTS) is 1. The molecule has 32 heavy (non-hydrogen) atoms. The molecule has 1 N–H and O–H groups in total. The Kier molecular flexibility index (Phi) is 5.89. The first-order valence-corrected chi connectivity index (χ1v) is 10.1. The molecule has 0 spiro atoms. The fourth-order valence-electron chi connectivity index (χ4n) is 4.04. The van der Waals surface area contributed by atoms with Gasteiger partial charge in [0.2, 0.25) is 11.8 Å². The number of halogens is 3. The van der Waals surface area contributed by atoms with Gasteiger partial charge in [0.15, 0.2) is 0 Å². The summed E-state index contributed by atoms with van der Waals surface area (Å²) < 4.78 is 43.3. The van der Waals surface area contributed by atoms with E-state index in [0.29, 0.717) is 56.0 Å². The van der Waals surface area contributed by atoms with Gasteiger partial charge in [0.05, 0.1) is 18.8 Å². The molecular weight excluding hydrogens is 433 g/mol. The van der Waals surface area contributed by atoms with E-state index in [0.717, 1.165) is 18.7 Å². The number of amides is 1. The van der Waals surface area contributed by atoms with Crippen LogP contribution in [0.15, 0.2) is 28.9 Å². The molecule has 2 aromatic rings. The van der Waals surface area contributed by atoms with Crippen LogP contribution in [0.2, 0.25) is 0 Å². The molecule has 5 rings (SSSR count). The summed E-state index contributed by atoms with van der Waals surface area (Å²) in [6, 6.07) is 3.60. The number of likely N-dealkylation sites (tertiary alicyclic amines) is 1. The number of rotatable bonds is 4. The van der Waals surface area contributed by atoms with Crippen LogP contribution in [0.4, 0.5) is 13.2 Å². The van der Waals surface area contributed by atoms with Gasteiger partial charge in [-0.3, -0.25) is 9.78 Å². The summed E-state index contributed by atoms with van der Waals surface area (Å²) in [7, 11) is 0. The first kappa shape index (κ1) is 22.2. The SMILES string of the molecule is O=C(O)C(F)(F)F.O=C(c1cccnc1)N1C[C@@H]2COC[C@]2(Cc2nnc(C3CC3)o2)C1. The smallest absolute Gasteiger partial charge is 0.475 e. The van der Waals surface area contributed by atoms with Crippen LogP contribution in [0.5, 0.6) is 0 Å². The molecule has 2 aliphatic heterocycles. The summed E-state index contributed by atoms with van der Waals surface area (Å²) in [5.41, 5.74) is 0.512. The molecule has 172 valence electrons. The number of carbonyl (C=O) groups is 2. The van der Waals surface area contributed by atoms with Gasteiger partial charge in [-0.1, -0.05) is 0 Å². The number of aliphatic carboxylic acids is 1. The number of aromatic nitrogens is 3. The highest BCUT2D eigenvalue weighted by Gasteiger charge is 2.52. The summed E-state index contributed by atoms with van der Waals surface area (Å²) in [5.74, 6) is -0.513. The average Bonchev–Trinajstić information content (AvgIpc) is 3.22. The van der Waals surface area contributed by atoms with Crippen molar-refractivity contribution in [1.82, 2.24) is 20.1 Å². The monoisotopic (exact) mass is 454 g/mol. The van der Waals surface area contributed by atoms with E-state index >= 15 is 0 Å². The Hall–Kier alpha value is -3.02. The van der Waals surface area contributed by atoms with Crippen molar-refractivity contribution >= 4 is 11.9 Å². The van der Waals surface area contributed by atoms with Crippen LogP contribution in [0.1, 0.15) is 40.9 Å². The fourth-order valence-corrected chi connectivity index (χ4v) is 4.04. The zero-order chi connectivity index (χ0) is 22.9. The van der Waals surface area contributed by atoms with Gasteiger partial charge >= 0.3 is 12.1 Å². The normalized spacial score (nSPS) is 24.6. The summed E-state index contributed by atoms with van der Waals surface area (Å²) in [6.07, 6.45) is 1.18. The Morgan fingerprint density at radius 2 is 2.03 bits per heavy atom. The third-order valence-corrected chi connectivity index (χ3v) is 5.87. The molecule has 4 heterocycles. The summed E-state index contributed by atoms with van der Waals surface area (Å²) in [6.45, 7) is 2.68. The Balaban J connectivity index is 0.000000307. The van der Waals surface area contributed by atoms with Crippen LogP contribution in [-0.2, 0) is 16.0 Å². The van der Waals surface area contributed by atoms with Crippen molar-refractivity contribution in [3.8, 4) is 0 Å².